The number of nitrogens with zero attached hydrogens (tertiary/aromatic N) is 3. The van der Waals surface area contributed by atoms with E-state index < -0.39 is 0 Å². The van der Waals surface area contributed by atoms with Crippen LogP contribution >= 0.6 is 0 Å². The summed E-state index contributed by atoms with van der Waals surface area (Å²) in [6.07, 6.45) is 5.86. The van der Waals surface area contributed by atoms with Crippen LogP contribution in [0.3, 0.4) is 0 Å². The number of carbonyl (C=O) groups excluding carboxylic acids is 1. The van der Waals surface area contributed by atoms with E-state index >= 15 is 0 Å². The van der Waals surface area contributed by atoms with Crippen molar-refractivity contribution >= 4 is 5.91 Å². The molecule has 6 heteroatoms. The second-order valence-electron chi connectivity index (χ2n) is 7.65. The van der Waals surface area contributed by atoms with Gasteiger partial charge in [-0.05, 0) is 57.7 Å². The molecule has 2 saturated carbocycles. The summed E-state index contributed by atoms with van der Waals surface area (Å²) >= 11 is 0. The molecule has 1 aromatic rings. The number of aryl methyl sites for hydroxylation is 1. The molecule has 0 bridgehead atoms. The molecular weight excluding hydrogens is 304 g/mol. The number of fused-ring (bicyclic) bond motifs is 1. The molecule has 1 heterocycles. The Kier molecular flexibility index (Phi) is 5.04. The van der Waals surface area contributed by atoms with Gasteiger partial charge in [-0.3, -0.25) is 9.59 Å². The zero-order valence-corrected chi connectivity index (χ0v) is 14.9. The van der Waals surface area contributed by atoms with Crippen LogP contribution in [-0.2, 0) is 11.2 Å². The fourth-order valence-corrected chi connectivity index (χ4v) is 4.42. The van der Waals surface area contributed by atoms with Gasteiger partial charge in [0.15, 0.2) is 0 Å². The minimum Gasteiger partial charge on any atom is -0.343 e. The molecule has 0 aromatic carbocycles. The Morgan fingerprint density at radius 3 is 2.29 bits per heavy atom. The molecule has 132 valence electrons. The smallest absolute Gasteiger partial charge is 0.264 e. The molecule has 0 aliphatic heterocycles. The van der Waals surface area contributed by atoms with Gasteiger partial charge in [-0.15, -0.1) is 0 Å². The topological polar surface area (TPSA) is 69.3 Å². The van der Waals surface area contributed by atoms with Crippen LogP contribution in [-0.4, -0.2) is 59.1 Å². The van der Waals surface area contributed by atoms with Crippen molar-refractivity contribution in [1.82, 2.24) is 20.0 Å². The Labute approximate surface area is 143 Å². The average Bonchev–Trinajstić information content (AvgIpc) is 3.12. The van der Waals surface area contributed by atoms with Crippen LogP contribution in [0, 0.1) is 11.8 Å². The molecule has 1 amide bonds. The standard InChI is InChI=1S/C18H28N4O2/c1-21(2)15-8-12-10-16(11-13(12)9-15)22(3)18(24)7-5-14-4-6-17(23)20-19-14/h4,6,12-13,15-16H,5,7-11H2,1-3H3,(H,20,23)/t12-,13+,15?,16?. The van der Waals surface area contributed by atoms with Crippen molar-refractivity contribution in [2.75, 3.05) is 21.1 Å². The predicted octanol–water partition coefficient (Wildman–Crippen LogP) is 1.28. The van der Waals surface area contributed by atoms with E-state index in [9.17, 15) is 9.59 Å². The van der Waals surface area contributed by atoms with Gasteiger partial charge < -0.3 is 9.80 Å². The third-order valence-corrected chi connectivity index (χ3v) is 5.97. The highest BCUT2D eigenvalue weighted by molar-refractivity contribution is 5.76. The van der Waals surface area contributed by atoms with Gasteiger partial charge in [0.1, 0.15) is 0 Å². The third kappa shape index (κ3) is 3.69. The monoisotopic (exact) mass is 332 g/mol. The minimum absolute atomic E-state index is 0.178. The predicted molar refractivity (Wildman–Crippen MR) is 92.7 cm³/mol. The van der Waals surface area contributed by atoms with E-state index in [0.29, 0.717) is 24.9 Å². The lowest BCUT2D eigenvalue weighted by Gasteiger charge is -2.27. The number of amides is 1. The minimum atomic E-state index is -0.212. The van der Waals surface area contributed by atoms with Crippen molar-refractivity contribution in [3.8, 4) is 0 Å². The zero-order chi connectivity index (χ0) is 17.3. The van der Waals surface area contributed by atoms with Crippen LogP contribution in [0.2, 0.25) is 0 Å². The Bertz CT molecular complexity index is 608. The van der Waals surface area contributed by atoms with Crippen molar-refractivity contribution in [2.24, 2.45) is 11.8 Å². The van der Waals surface area contributed by atoms with Gasteiger partial charge in [-0.25, -0.2) is 5.10 Å². The largest absolute Gasteiger partial charge is 0.343 e. The zero-order valence-electron chi connectivity index (χ0n) is 14.9. The van der Waals surface area contributed by atoms with Crippen LogP contribution in [0.25, 0.3) is 0 Å². The number of hydrogen-bond acceptors (Lipinski definition) is 4. The molecule has 1 aromatic heterocycles. The summed E-state index contributed by atoms with van der Waals surface area (Å²) in [6.45, 7) is 0. The molecule has 0 saturated heterocycles. The molecule has 1 N–H and O–H groups in total. The number of carbonyl (C=O) groups is 1. The molecule has 6 nitrogen and oxygen atoms in total. The van der Waals surface area contributed by atoms with E-state index in [4.69, 9.17) is 0 Å². The lowest BCUT2D eigenvalue weighted by Crippen LogP contribution is -2.36. The molecule has 2 aliphatic rings. The van der Waals surface area contributed by atoms with E-state index in [0.717, 1.165) is 30.4 Å². The van der Waals surface area contributed by atoms with Gasteiger partial charge in [0.05, 0.1) is 5.69 Å². The molecule has 0 spiro atoms. The molecule has 4 atom stereocenters. The van der Waals surface area contributed by atoms with E-state index in [2.05, 4.69) is 29.2 Å². The highest BCUT2D eigenvalue weighted by atomic mass is 16.2. The quantitative estimate of drug-likeness (QED) is 0.882. The summed E-state index contributed by atoms with van der Waals surface area (Å²) in [5, 5.41) is 6.38. The number of H-pyrrole nitrogens is 1. The first-order valence-electron chi connectivity index (χ1n) is 8.90. The van der Waals surface area contributed by atoms with E-state index in [1.807, 2.05) is 11.9 Å². The maximum atomic E-state index is 12.5. The van der Waals surface area contributed by atoms with Crippen LogP contribution in [0.1, 0.15) is 37.8 Å². The Hall–Kier alpha value is -1.69. The van der Waals surface area contributed by atoms with Crippen LogP contribution < -0.4 is 5.56 Å². The molecule has 3 rings (SSSR count). The fraction of sp³-hybridized carbons (Fsp3) is 0.722. The second-order valence-corrected chi connectivity index (χ2v) is 7.65. The first kappa shape index (κ1) is 17.1. The second kappa shape index (κ2) is 7.05. The third-order valence-electron chi connectivity index (χ3n) is 5.97. The molecular formula is C18H28N4O2. The Morgan fingerprint density at radius 1 is 1.12 bits per heavy atom. The van der Waals surface area contributed by atoms with Gasteiger partial charge in [0.2, 0.25) is 5.91 Å². The molecule has 24 heavy (non-hydrogen) atoms. The van der Waals surface area contributed by atoms with E-state index in [1.165, 1.54) is 18.9 Å². The normalized spacial score (nSPS) is 29.0. The van der Waals surface area contributed by atoms with E-state index in [-0.39, 0.29) is 11.5 Å². The SMILES string of the molecule is CN(C)C1C[C@@H]2CC(N(C)C(=O)CCc3ccc(=O)[nH]n3)C[C@@H]2C1. The number of nitrogens with one attached hydrogen (secondary N) is 1. The summed E-state index contributed by atoms with van der Waals surface area (Å²) in [4.78, 5) is 27.8. The number of hydrogen-bond donors (Lipinski definition) is 1. The highest BCUT2D eigenvalue weighted by Crippen LogP contribution is 2.46. The fourth-order valence-electron chi connectivity index (χ4n) is 4.42. The molecule has 2 aliphatic carbocycles. The van der Waals surface area contributed by atoms with Crippen LogP contribution in [0.5, 0.6) is 0 Å². The Balaban J connectivity index is 1.49. The first-order valence-corrected chi connectivity index (χ1v) is 8.90. The van der Waals surface area contributed by atoms with Gasteiger partial charge in [-0.1, -0.05) is 0 Å². The average molecular weight is 332 g/mol. The van der Waals surface area contributed by atoms with Gasteiger partial charge in [0, 0.05) is 38.0 Å². The Morgan fingerprint density at radius 2 is 1.75 bits per heavy atom. The number of aromatic nitrogens is 2. The van der Waals surface area contributed by atoms with Gasteiger partial charge >= 0.3 is 0 Å². The molecule has 2 unspecified atom stereocenters. The van der Waals surface area contributed by atoms with Gasteiger partial charge in [-0.2, -0.15) is 5.10 Å². The highest BCUT2D eigenvalue weighted by Gasteiger charge is 2.43. The lowest BCUT2D eigenvalue weighted by atomic mass is 10.0. The maximum absolute atomic E-state index is 12.5. The van der Waals surface area contributed by atoms with Crippen molar-refractivity contribution in [3.63, 3.8) is 0 Å². The first-order chi connectivity index (χ1) is 11.4. The summed E-state index contributed by atoms with van der Waals surface area (Å²) in [6, 6.07) is 4.25. The van der Waals surface area contributed by atoms with Crippen molar-refractivity contribution in [1.29, 1.82) is 0 Å². The summed E-state index contributed by atoms with van der Waals surface area (Å²) in [5.41, 5.74) is 0.546. The number of aromatic amines is 1. The molecule has 0 radical (unpaired) electrons. The molecule has 2 fully saturated rings. The maximum Gasteiger partial charge on any atom is 0.264 e. The van der Waals surface area contributed by atoms with Crippen LogP contribution in [0.4, 0.5) is 0 Å². The summed E-state index contributed by atoms with van der Waals surface area (Å²) < 4.78 is 0. The summed E-state index contributed by atoms with van der Waals surface area (Å²) in [7, 11) is 6.28. The lowest BCUT2D eigenvalue weighted by molar-refractivity contribution is -0.131. The van der Waals surface area contributed by atoms with Gasteiger partial charge in [0.25, 0.3) is 5.56 Å². The number of rotatable bonds is 5. The van der Waals surface area contributed by atoms with Crippen LogP contribution in [0.15, 0.2) is 16.9 Å². The van der Waals surface area contributed by atoms with Crippen molar-refractivity contribution in [2.45, 2.75) is 50.6 Å². The van der Waals surface area contributed by atoms with E-state index in [1.54, 1.807) is 6.07 Å². The van der Waals surface area contributed by atoms with Crippen molar-refractivity contribution < 1.29 is 4.79 Å². The summed E-state index contributed by atoms with van der Waals surface area (Å²) in [5.74, 6) is 1.73. The van der Waals surface area contributed by atoms with Crippen molar-refractivity contribution in [3.05, 3.63) is 28.2 Å².